The summed E-state index contributed by atoms with van der Waals surface area (Å²) in [5.41, 5.74) is 9.28. The normalized spacial score (nSPS) is 16.4. The molecule has 1 aliphatic heterocycles. The first kappa shape index (κ1) is 14.4. The van der Waals surface area contributed by atoms with Gasteiger partial charge in [0.1, 0.15) is 24.2 Å². The van der Waals surface area contributed by atoms with Crippen LogP contribution in [-0.4, -0.2) is 12.7 Å². The fraction of sp³-hybridized carbons (Fsp3) is 0.294. The number of fused-ring (bicyclic) bond motifs is 1. The minimum Gasteiger partial charge on any atom is -0.489 e. The SMILES string of the molecule is Cc1ccc2c(c1)CC(COc1ccc(Br)cc1CN)O2. The van der Waals surface area contributed by atoms with Crippen LogP contribution in [0.1, 0.15) is 16.7 Å². The van der Waals surface area contributed by atoms with Crippen molar-refractivity contribution in [3.05, 3.63) is 57.6 Å². The lowest BCUT2D eigenvalue weighted by Crippen LogP contribution is -2.22. The number of hydrogen-bond donors (Lipinski definition) is 1. The number of rotatable bonds is 4. The third kappa shape index (κ3) is 3.22. The van der Waals surface area contributed by atoms with Crippen LogP contribution in [0.4, 0.5) is 0 Å². The van der Waals surface area contributed by atoms with E-state index < -0.39 is 0 Å². The molecule has 1 heterocycles. The molecule has 0 saturated heterocycles. The highest BCUT2D eigenvalue weighted by atomic mass is 79.9. The number of aryl methyl sites for hydroxylation is 1. The van der Waals surface area contributed by atoms with E-state index in [-0.39, 0.29) is 6.10 Å². The second-order valence-electron chi connectivity index (χ2n) is 5.32. The Labute approximate surface area is 133 Å². The van der Waals surface area contributed by atoms with Crippen LogP contribution in [-0.2, 0) is 13.0 Å². The molecule has 0 saturated carbocycles. The van der Waals surface area contributed by atoms with Crippen molar-refractivity contribution in [2.45, 2.75) is 26.0 Å². The molecule has 2 N–H and O–H groups in total. The van der Waals surface area contributed by atoms with Gasteiger partial charge in [0, 0.05) is 23.0 Å². The second-order valence-corrected chi connectivity index (χ2v) is 6.24. The van der Waals surface area contributed by atoms with E-state index in [4.69, 9.17) is 15.2 Å². The maximum absolute atomic E-state index is 5.92. The topological polar surface area (TPSA) is 44.5 Å². The van der Waals surface area contributed by atoms with E-state index in [1.807, 2.05) is 24.3 Å². The third-order valence-electron chi connectivity index (χ3n) is 3.62. The first-order valence-electron chi connectivity index (χ1n) is 7.03. The van der Waals surface area contributed by atoms with Crippen LogP contribution in [0, 0.1) is 6.92 Å². The predicted molar refractivity (Wildman–Crippen MR) is 86.8 cm³/mol. The van der Waals surface area contributed by atoms with Crippen LogP contribution in [0.25, 0.3) is 0 Å². The smallest absolute Gasteiger partial charge is 0.137 e. The van der Waals surface area contributed by atoms with E-state index in [2.05, 4.69) is 35.0 Å². The molecule has 2 aromatic rings. The fourth-order valence-electron chi connectivity index (χ4n) is 2.57. The molecule has 21 heavy (non-hydrogen) atoms. The van der Waals surface area contributed by atoms with Crippen molar-refractivity contribution in [2.24, 2.45) is 5.73 Å². The molecule has 1 aliphatic rings. The van der Waals surface area contributed by atoms with Gasteiger partial charge in [-0.3, -0.25) is 0 Å². The molecule has 2 aromatic carbocycles. The van der Waals surface area contributed by atoms with Gasteiger partial charge >= 0.3 is 0 Å². The van der Waals surface area contributed by atoms with E-state index in [1.54, 1.807) is 0 Å². The fourth-order valence-corrected chi connectivity index (χ4v) is 2.98. The zero-order chi connectivity index (χ0) is 14.8. The summed E-state index contributed by atoms with van der Waals surface area (Å²) < 4.78 is 12.8. The molecular weight excluding hydrogens is 330 g/mol. The Hall–Kier alpha value is -1.52. The van der Waals surface area contributed by atoms with Crippen molar-refractivity contribution in [3.8, 4) is 11.5 Å². The number of hydrogen-bond acceptors (Lipinski definition) is 3. The Morgan fingerprint density at radius 1 is 1.29 bits per heavy atom. The molecule has 110 valence electrons. The van der Waals surface area contributed by atoms with Crippen LogP contribution < -0.4 is 15.2 Å². The molecule has 3 nitrogen and oxygen atoms in total. The average molecular weight is 348 g/mol. The quantitative estimate of drug-likeness (QED) is 0.918. The number of benzene rings is 2. The summed E-state index contributed by atoms with van der Waals surface area (Å²) >= 11 is 3.44. The van der Waals surface area contributed by atoms with E-state index in [9.17, 15) is 0 Å². The molecule has 0 aliphatic carbocycles. The Morgan fingerprint density at radius 3 is 2.95 bits per heavy atom. The Bertz CT molecular complexity index is 657. The predicted octanol–water partition coefficient (Wildman–Crippen LogP) is 3.60. The Balaban J connectivity index is 1.65. The molecule has 0 bridgehead atoms. The van der Waals surface area contributed by atoms with Crippen molar-refractivity contribution in [2.75, 3.05) is 6.61 Å². The summed E-state index contributed by atoms with van der Waals surface area (Å²) in [6, 6.07) is 12.2. The molecule has 0 spiro atoms. The molecule has 4 heteroatoms. The van der Waals surface area contributed by atoms with E-state index in [1.165, 1.54) is 11.1 Å². The molecule has 0 aromatic heterocycles. The van der Waals surface area contributed by atoms with E-state index in [0.29, 0.717) is 13.2 Å². The highest BCUT2D eigenvalue weighted by Crippen LogP contribution is 2.30. The van der Waals surface area contributed by atoms with Gasteiger partial charge in [0.05, 0.1) is 0 Å². The first-order valence-corrected chi connectivity index (χ1v) is 7.82. The summed E-state index contributed by atoms with van der Waals surface area (Å²) in [4.78, 5) is 0. The molecule has 0 amide bonds. The molecule has 0 fully saturated rings. The maximum Gasteiger partial charge on any atom is 0.137 e. The lowest BCUT2D eigenvalue weighted by atomic mass is 10.1. The van der Waals surface area contributed by atoms with Crippen LogP contribution in [0.3, 0.4) is 0 Å². The summed E-state index contributed by atoms with van der Waals surface area (Å²) in [5.74, 6) is 1.81. The second kappa shape index (κ2) is 6.08. The maximum atomic E-state index is 5.92. The van der Waals surface area contributed by atoms with Gasteiger partial charge in [-0.25, -0.2) is 0 Å². The highest BCUT2D eigenvalue weighted by Gasteiger charge is 2.23. The van der Waals surface area contributed by atoms with Gasteiger partial charge in [-0.2, -0.15) is 0 Å². The Morgan fingerprint density at radius 2 is 2.14 bits per heavy atom. The minimum absolute atomic E-state index is 0.0658. The zero-order valence-corrected chi connectivity index (χ0v) is 13.5. The summed E-state index contributed by atoms with van der Waals surface area (Å²) in [6.45, 7) is 3.08. The van der Waals surface area contributed by atoms with Crippen LogP contribution in [0.5, 0.6) is 11.5 Å². The highest BCUT2D eigenvalue weighted by molar-refractivity contribution is 9.10. The van der Waals surface area contributed by atoms with Gasteiger partial charge in [-0.05, 0) is 36.8 Å². The van der Waals surface area contributed by atoms with Crippen LogP contribution in [0.2, 0.25) is 0 Å². The zero-order valence-electron chi connectivity index (χ0n) is 11.9. The first-order chi connectivity index (χ1) is 10.2. The van der Waals surface area contributed by atoms with E-state index >= 15 is 0 Å². The van der Waals surface area contributed by atoms with Crippen molar-refractivity contribution in [1.29, 1.82) is 0 Å². The molecule has 1 unspecified atom stereocenters. The molecule has 3 rings (SSSR count). The van der Waals surface area contributed by atoms with Gasteiger partial charge in [0.2, 0.25) is 0 Å². The van der Waals surface area contributed by atoms with Gasteiger partial charge in [-0.15, -0.1) is 0 Å². The number of nitrogens with two attached hydrogens (primary N) is 1. The summed E-state index contributed by atoms with van der Waals surface area (Å²) in [6.07, 6.45) is 0.960. The lowest BCUT2D eigenvalue weighted by molar-refractivity contribution is 0.148. The number of ether oxygens (including phenoxy) is 2. The lowest BCUT2D eigenvalue weighted by Gasteiger charge is -2.15. The summed E-state index contributed by atoms with van der Waals surface area (Å²) in [7, 11) is 0. The van der Waals surface area contributed by atoms with Gasteiger partial charge < -0.3 is 15.2 Å². The minimum atomic E-state index is 0.0658. The Kier molecular flexibility index (Phi) is 4.17. The number of halogens is 1. The molecule has 1 atom stereocenters. The van der Waals surface area contributed by atoms with Gasteiger partial charge in [0.15, 0.2) is 0 Å². The average Bonchev–Trinajstić information content (AvgIpc) is 2.87. The van der Waals surface area contributed by atoms with Crippen molar-refractivity contribution >= 4 is 15.9 Å². The largest absolute Gasteiger partial charge is 0.489 e. The van der Waals surface area contributed by atoms with Gasteiger partial charge in [-0.1, -0.05) is 33.6 Å². The van der Waals surface area contributed by atoms with Gasteiger partial charge in [0.25, 0.3) is 0 Å². The van der Waals surface area contributed by atoms with Crippen LogP contribution >= 0.6 is 15.9 Å². The van der Waals surface area contributed by atoms with Crippen molar-refractivity contribution in [1.82, 2.24) is 0 Å². The van der Waals surface area contributed by atoms with E-state index in [0.717, 1.165) is 28.0 Å². The van der Waals surface area contributed by atoms with Crippen molar-refractivity contribution < 1.29 is 9.47 Å². The van der Waals surface area contributed by atoms with Crippen LogP contribution in [0.15, 0.2) is 40.9 Å². The monoisotopic (exact) mass is 347 g/mol. The standard InChI is InChI=1S/C17H18BrNO2/c1-11-2-4-17-12(6-11)8-15(21-17)10-20-16-5-3-14(18)7-13(16)9-19/h2-7,15H,8-10,19H2,1H3. The van der Waals surface area contributed by atoms with Crippen molar-refractivity contribution in [3.63, 3.8) is 0 Å². The third-order valence-corrected chi connectivity index (χ3v) is 4.12. The molecular formula is C17H18BrNO2. The summed E-state index contributed by atoms with van der Waals surface area (Å²) in [5, 5.41) is 0. The molecule has 0 radical (unpaired) electrons.